The number of halogens is 1. The SMILES string of the molecule is C=C(COC1=C(Cl)C(=O)c2cccnc2C1=O)[C@@H]1CC[C@]2(COC(C)=O)CC[C@]3(C)[C@H](CC[C@@H]4[C@@]5(C)CC[C@H](OC(C)=O)C(C)(C)[C@@H]5CC[C@]43C)[C@@H]12. The molecule has 282 valence electrons. The molecule has 0 aliphatic heterocycles. The van der Waals surface area contributed by atoms with Gasteiger partial charge in [-0.3, -0.25) is 24.2 Å². The van der Waals surface area contributed by atoms with Gasteiger partial charge in [-0.2, -0.15) is 0 Å². The van der Waals surface area contributed by atoms with Crippen molar-refractivity contribution in [2.24, 2.45) is 56.7 Å². The minimum atomic E-state index is -0.491. The molecule has 0 saturated heterocycles. The van der Waals surface area contributed by atoms with Crippen LogP contribution in [0.1, 0.15) is 134 Å². The van der Waals surface area contributed by atoms with Crippen LogP contribution in [-0.4, -0.2) is 47.8 Å². The summed E-state index contributed by atoms with van der Waals surface area (Å²) in [6, 6.07) is 3.16. The van der Waals surface area contributed by atoms with Gasteiger partial charge in [-0.25, -0.2) is 0 Å². The molecule has 52 heavy (non-hydrogen) atoms. The Bertz CT molecular complexity index is 1750. The summed E-state index contributed by atoms with van der Waals surface area (Å²) in [6.07, 6.45) is 11.8. The molecule has 6 aliphatic rings. The maximum atomic E-state index is 13.4. The standard InChI is InChI=1S/C43H56ClNO7/c1-24(22-50-38-34(44)36(48)28-10-9-21-45-35(28)37(38)49)27-13-18-43(23-51-25(2)46)20-19-41(7)29(33(27)43)11-12-31-40(6)16-15-32(52-26(3)47)39(4,5)30(40)14-17-42(31,41)8/h9-10,21,27,29-33H,1,11-20,22-23H2,2-8H3/t27-,29+,30-,31+,32-,33+,40-,41+,42+,43+/m0/s1. The van der Waals surface area contributed by atoms with E-state index in [-0.39, 0.29) is 85.6 Å². The van der Waals surface area contributed by atoms with Gasteiger partial charge < -0.3 is 14.2 Å². The zero-order valence-electron chi connectivity index (χ0n) is 32.1. The van der Waals surface area contributed by atoms with Crippen LogP contribution in [0.3, 0.4) is 0 Å². The van der Waals surface area contributed by atoms with E-state index < -0.39 is 11.6 Å². The number of aromatic nitrogens is 1. The van der Waals surface area contributed by atoms with E-state index in [1.54, 1.807) is 12.1 Å². The highest BCUT2D eigenvalue weighted by Crippen LogP contribution is 2.77. The number of fused-ring (bicyclic) bond motifs is 8. The fourth-order valence-corrected chi connectivity index (χ4v) is 13.9. The number of Topliss-reactive ketones (excluding diaryl/α,β-unsaturated/α-hetero) is 2. The van der Waals surface area contributed by atoms with Gasteiger partial charge in [0.2, 0.25) is 11.6 Å². The van der Waals surface area contributed by atoms with Gasteiger partial charge in [0, 0.05) is 30.9 Å². The summed E-state index contributed by atoms with van der Waals surface area (Å²) in [5.74, 6) is 0.181. The molecule has 1 heterocycles. The van der Waals surface area contributed by atoms with E-state index in [1.807, 2.05) is 0 Å². The first-order valence-corrected chi connectivity index (χ1v) is 19.8. The van der Waals surface area contributed by atoms with Crippen LogP contribution in [0.15, 0.2) is 41.3 Å². The predicted molar refractivity (Wildman–Crippen MR) is 197 cm³/mol. The summed E-state index contributed by atoms with van der Waals surface area (Å²) >= 11 is 6.46. The molecule has 9 heteroatoms. The van der Waals surface area contributed by atoms with Gasteiger partial charge >= 0.3 is 11.9 Å². The first kappa shape index (κ1) is 37.3. The molecule has 0 unspecified atom stereocenters. The number of rotatable bonds is 7. The van der Waals surface area contributed by atoms with Crippen molar-refractivity contribution < 1.29 is 33.4 Å². The Morgan fingerprint density at radius 3 is 2.35 bits per heavy atom. The summed E-state index contributed by atoms with van der Waals surface area (Å²) in [4.78, 5) is 54.9. The van der Waals surface area contributed by atoms with E-state index >= 15 is 0 Å². The van der Waals surface area contributed by atoms with Gasteiger partial charge in [0.05, 0.1) is 12.2 Å². The third-order valence-electron chi connectivity index (χ3n) is 16.2. The second-order valence-electron chi connectivity index (χ2n) is 18.6. The lowest BCUT2D eigenvalue weighted by Gasteiger charge is -2.73. The largest absolute Gasteiger partial charge is 0.483 e. The molecule has 1 aromatic heterocycles. The average Bonchev–Trinajstić information content (AvgIpc) is 3.48. The minimum absolute atomic E-state index is 0.0536. The quantitative estimate of drug-likeness (QED) is 0.202. The normalized spacial score (nSPS) is 40.4. The van der Waals surface area contributed by atoms with Gasteiger partial charge in [0.25, 0.3) is 0 Å². The van der Waals surface area contributed by atoms with Gasteiger partial charge in [-0.1, -0.05) is 52.8 Å². The molecule has 0 radical (unpaired) electrons. The molecular formula is C43H56ClNO7. The molecule has 5 fully saturated rings. The third-order valence-corrected chi connectivity index (χ3v) is 16.6. The Hall–Kier alpha value is -3.00. The Kier molecular flexibility index (Phi) is 9.19. The maximum Gasteiger partial charge on any atom is 0.302 e. The third kappa shape index (κ3) is 5.38. The number of carbonyl (C=O) groups is 4. The molecule has 0 spiro atoms. The van der Waals surface area contributed by atoms with E-state index in [0.717, 1.165) is 69.8 Å². The molecule has 0 N–H and O–H groups in total. The molecule has 7 rings (SSSR count). The van der Waals surface area contributed by atoms with Crippen LogP contribution in [0, 0.1) is 56.7 Å². The molecule has 8 nitrogen and oxygen atoms in total. The number of hydrogen-bond acceptors (Lipinski definition) is 8. The number of ketones is 2. The number of allylic oxidation sites excluding steroid dienone is 2. The van der Waals surface area contributed by atoms with Gasteiger partial charge in [0.1, 0.15) is 23.4 Å². The van der Waals surface area contributed by atoms with Crippen molar-refractivity contribution in [2.75, 3.05) is 13.2 Å². The van der Waals surface area contributed by atoms with Crippen molar-refractivity contribution >= 4 is 35.1 Å². The van der Waals surface area contributed by atoms with Crippen molar-refractivity contribution in [1.29, 1.82) is 0 Å². The van der Waals surface area contributed by atoms with Crippen molar-refractivity contribution in [1.82, 2.24) is 4.98 Å². The van der Waals surface area contributed by atoms with Crippen LogP contribution in [0.2, 0.25) is 0 Å². The van der Waals surface area contributed by atoms with Crippen LogP contribution in [0.5, 0.6) is 0 Å². The molecule has 10 atom stereocenters. The lowest BCUT2D eigenvalue weighted by molar-refractivity contribution is -0.252. The molecule has 0 bridgehead atoms. The first-order valence-electron chi connectivity index (χ1n) is 19.5. The van der Waals surface area contributed by atoms with Gasteiger partial charge in [0.15, 0.2) is 5.76 Å². The van der Waals surface area contributed by atoms with Crippen molar-refractivity contribution in [3.63, 3.8) is 0 Å². The number of pyridine rings is 1. The molecular weight excluding hydrogens is 678 g/mol. The Morgan fingerprint density at radius 2 is 1.63 bits per heavy atom. The van der Waals surface area contributed by atoms with Crippen molar-refractivity contribution in [3.8, 4) is 0 Å². The Morgan fingerprint density at radius 1 is 0.885 bits per heavy atom. The lowest BCUT2D eigenvalue weighted by atomic mass is 9.32. The van der Waals surface area contributed by atoms with Crippen LogP contribution in [0.25, 0.3) is 0 Å². The van der Waals surface area contributed by atoms with Gasteiger partial charge in [-0.15, -0.1) is 0 Å². The molecule has 6 aliphatic carbocycles. The molecule has 0 aromatic carbocycles. The number of nitrogens with zero attached hydrogens (tertiary/aromatic N) is 1. The summed E-state index contributed by atoms with van der Waals surface area (Å²) in [7, 11) is 0. The predicted octanol–water partition coefficient (Wildman–Crippen LogP) is 9.06. The lowest BCUT2D eigenvalue weighted by Crippen LogP contribution is -2.67. The minimum Gasteiger partial charge on any atom is -0.483 e. The second-order valence-corrected chi connectivity index (χ2v) is 19.0. The number of hydrogen-bond donors (Lipinski definition) is 0. The Labute approximate surface area is 313 Å². The van der Waals surface area contributed by atoms with E-state index in [1.165, 1.54) is 20.0 Å². The smallest absolute Gasteiger partial charge is 0.302 e. The van der Waals surface area contributed by atoms with Gasteiger partial charge in [-0.05, 0) is 128 Å². The van der Waals surface area contributed by atoms with Crippen molar-refractivity contribution in [2.45, 2.75) is 119 Å². The van der Waals surface area contributed by atoms with Crippen LogP contribution in [0.4, 0.5) is 0 Å². The molecule has 0 amide bonds. The van der Waals surface area contributed by atoms with E-state index in [9.17, 15) is 19.2 Å². The number of carbonyl (C=O) groups excluding carboxylic acids is 4. The second kappa shape index (κ2) is 12.8. The highest BCUT2D eigenvalue weighted by molar-refractivity contribution is 6.49. The van der Waals surface area contributed by atoms with E-state index in [4.69, 9.17) is 25.8 Å². The Balaban J connectivity index is 1.18. The van der Waals surface area contributed by atoms with E-state index in [0.29, 0.717) is 24.4 Å². The first-order chi connectivity index (χ1) is 24.4. The highest BCUT2D eigenvalue weighted by atomic mass is 35.5. The number of esters is 2. The van der Waals surface area contributed by atoms with E-state index in [2.05, 4.69) is 46.2 Å². The molecule has 5 saturated carbocycles. The monoisotopic (exact) mass is 733 g/mol. The van der Waals surface area contributed by atoms with Crippen molar-refractivity contribution in [3.05, 3.63) is 52.5 Å². The highest BCUT2D eigenvalue weighted by Gasteiger charge is 2.71. The summed E-state index contributed by atoms with van der Waals surface area (Å²) in [6.45, 7) is 20.4. The topological polar surface area (TPSA) is 109 Å². The summed E-state index contributed by atoms with van der Waals surface area (Å²) in [5.41, 5.74) is 1.18. The summed E-state index contributed by atoms with van der Waals surface area (Å²) in [5, 5.41) is -0.223. The van der Waals surface area contributed by atoms with Crippen LogP contribution < -0.4 is 0 Å². The number of ether oxygens (including phenoxy) is 3. The zero-order chi connectivity index (χ0) is 37.6. The van der Waals surface area contributed by atoms with Crippen LogP contribution in [-0.2, 0) is 23.8 Å². The fourth-order valence-electron chi connectivity index (χ4n) is 13.7. The maximum absolute atomic E-state index is 13.4. The zero-order valence-corrected chi connectivity index (χ0v) is 32.8. The fraction of sp³-hybridized carbons (Fsp3) is 0.698. The average molecular weight is 734 g/mol. The van der Waals surface area contributed by atoms with Crippen LogP contribution >= 0.6 is 11.6 Å². The summed E-state index contributed by atoms with van der Waals surface area (Å²) < 4.78 is 18.0. The molecule has 1 aromatic rings.